The van der Waals surface area contributed by atoms with Gasteiger partial charge in [0.1, 0.15) is 11.3 Å². The average molecular weight is 581 g/mol. The molecule has 38 heavy (non-hydrogen) atoms. The van der Waals surface area contributed by atoms with Gasteiger partial charge in [-0.25, -0.2) is 9.69 Å². The zero-order chi connectivity index (χ0) is 27.7. The van der Waals surface area contributed by atoms with Crippen molar-refractivity contribution in [3.05, 3.63) is 102 Å². The van der Waals surface area contributed by atoms with Crippen molar-refractivity contribution in [2.45, 2.75) is 13.8 Å². The van der Waals surface area contributed by atoms with E-state index < -0.39 is 39.1 Å². The van der Waals surface area contributed by atoms with Crippen molar-refractivity contribution in [1.29, 1.82) is 0 Å². The lowest BCUT2D eigenvalue weighted by molar-refractivity contribution is -0.394. The molecule has 0 unspecified atom stereocenters. The number of benzene rings is 3. The zero-order valence-corrected chi connectivity index (χ0v) is 21.3. The van der Waals surface area contributed by atoms with Crippen LogP contribution in [0.5, 0.6) is 11.5 Å². The number of non-ortho nitro benzene ring substituents is 1. The summed E-state index contributed by atoms with van der Waals surface area (Å²) in [7, 11) is 0. The molecule has 1 heterocycles. The first-order valence-electron chi connectivity index (χ1n) is 10.8. The highest BCUT2D eigenvalue weighted by Gasteiger charge is 2.37. The minimum Gasteiger partial charge on any atom is -0.449 e. The molecule has 1 saturated heterocycles. The molecule has 0 bridgehead atoms. The van der Waals surface area contributed by atoms with Gasteiger partial charge in [-0.3, -0.25) is 35.1 Å². The number of urea groups is 1. The van der Waals surface area contributed by atoms with Crippen LogP contribution in [0.3, 0.4) is 0 Å². The van der Waals surface area contributed by atoms with Gasteiger partial charge in [0.2, 0.25) is 5.75 Å². The molecule has 0 atom stereocenters. The number of nitro groups is 2. The Morgan fingerprint density at radius 1 is 0.895 bits per heavy atom. The van der Waals surface area contributed by atoms with E-state index in [1.54, 1.807) is 18.2 Å². The van der Waals surface area contributed by atoms with Gasteiger partial charge in [0.25, 0.3) is 17.5 Å². The summed E-state index contributed by atoms with van der Waals surface area (Å²) < 4.78 is 5.91. The van der Waals surface area contributed by atoms with Crippen LogP contribution in [-0.2, 0) is 9.59 Å². The number of hydrogen-bond donors (Lipinski definition) is 1. The summed E-state index contributed by atoms with van der Waals surface area (Å²) in [6, 6.07) is 11.6. The highest BCUT2D eigenvalue weighted by Crippen LogP contribution is 2.37. The normalized spacial score (nSPS) is 14.4. The number of carbonyl (C=O) groups excluding carboxylic acids is 3. The molecule has 1 aliphatic heterocycles. The van der Waals surface area contributed by atoms with E-state index in [4.69, 9.17) is 4.74 Å². The number of aryl methyl sites for hydroxylation is 2. The molecule has 0 radical (unpaired) electrons. The SMILES string of the molecule is Cc1ccc(N2C(=O)NC(=O)/C(=C\c3ccc(Oc4ccc([N+](=O)[O-])cc4[N+](=O)[O-])c(Br)c3)C2=O)cc1C. The molecule has 1 fully saturated rings. The number of imide groups is 2. The Bertz CT molecular complexity index is 1580. The Kier molecular flexibility index (Phi) is 7.04. The van der Waals surface area contributed by atoms with Gasteiger partial charge in [0, 0.05) is 6.07 Å². The van der Waals surface area contributed by atoms with Crippen LogP contribution in [0.15, 0.2) is 64.6 Å². The molecule has 4 rings (SSSR count). The van der Waals surface area contributed by atoms with Gasteiger partial charge in [-0.1, -0.05) is 12.1 Å². The van der Waals surface area contributed by atoms with Crippen molar-refractivity contribution in [3.8, 4) is 11.5 Å². The van der Waals surface area contributed by atoms with E-state index in [0.717, 1.165) is 34.2 Å². The molecule has 4 amide bonds. The van der Waals surface area contributed by atoms with E-state index in [1.807, 2.05) is 13.8 Å². The maximum absolute atomic E-state index is 13.1. The van der Waals surface area contributed by atoms with Crippen molar-refractivity contribution < 1.29 is 29.0 Å². The third kappa shape index (κ3) is 5.13. The number of barbiturate groups is 1. The minimum absolute atomic E-state index is 0.135. The Morgan fingerprint density at radius 3 is 2.24 bits per heavy atom. The second kappa shape index (κ2) is 10.2. The van der Waals surface area contributed by atoms with Gasteiger partial charge in [0.05, 0.1) is 26.1 Å². The van der Waals surface area contributed by atoms with E-state index >= 15 is 0 Å². The van der Waals surface area contributed by atoms with Gasteiger partial charge in [-0.2, -0.15) is 0 Å². The Morgan fingerprint density at radius 2 is 1.61 bits per heavy atom. The molecule has 3 aromatic rings. The highest BCUT2D eigenvalue weighted by atomic mass is 79.9. The zero-order valence-electron chi connectivity index (χ0n) is 19.8. The Balaban J connectivity index is 1.64. The van der Waals surface area contributed by atoms with Gasteiger partial charge >= 0.3 is 11.7 Å². The van der Waals surface area contributed by atoms with Crippen molar-refractivity contribution in [2.24, 2.45) is 0 Å². The van der Waals surface area contributed by atoms with Gasteiger partial charge in [-0.05, 0) is 82.9 Å². The summed E-state index contributed by atoms with van der Waals surface area (Å²) >= 11 is 3.29. The summed E-state index contributed by atoms with van der Waals surface area (Å²) in [4.78, 5) is 59.7. The van der Waals surface area contributed by atoms with Crippen molar-refractivity contribution in [1.82, 2.24) is 5.32 Å². The molecule has 1 N–H and O–H groups in total. The van der Waals surface area contributed by atoms with Gasteiger partial charge in [0.15, 0.2) is 0 Å². The number of amides is 4. The number of nitrogens with one attached hydrogen (secondary N) is 1. The first-order valence-corrected chi connectivity index (χ1v) is 11.6. The van der Waals surface area contributed by atoms with Crippen LogP contribution in [0.25, 0.3) is 6.08 Å². The molecule has 3 aromatic carbocycles. The standard InChI is InChI=1S/C25H17BrN4O8/c1-13-3-5-16(9-14(13)2)28-24(32)18(23(31)27-25(28)33)10-15-4-7-21(19(26)11-15)38-22-8-6-17(29(34)35)12-20(22)30(36)37/h3-12H,1-2H3,(H,27,31,33)/b18-10+. The summed E-state index contributed by atoms with van der Waals surface area (Å²) in [5, 5.41) is 24.5. The fourth-order valence-electron chi connectivity index (χ4n) is 3.58. The quantitative estimate of drug-likeness (QED) is 0.177. The fraction of sp³-hybridized carbons (Fsp3) is 0.0800. The van der Waals surface area contributed by atoms with E-state index in [0.29, 0.717) is 15.7 Å². The maximum Gasteiger partial charge on any atom is 0.335 e. The van der Waals surface area contributed by atoms with Gasteiger partial charge in [-0.15, -0.1) is 0 Å². The minimum atomic E-state index is -0.866. The third-order valence-electron chi connectivity index (χ3n) is 5.69. The number of nitrogens with zero attached hydrogens (tertiary/aromatic N) is 3. The number of rotatable bonds is 6. The topological polar surface area (TPSA) is 162 Å². The first-order chi connectivity index (χ1) is 18.0. The number of carbonyl (C=O) groups is 3. The molecule has 1 aliphatic rings. The monoisotopic (exact) mass is 580 g/mol. The summed E-state index contributed by atoms with van der Waals surface area (Å²) in [6.07, 6.45) is 1.29. The van der Waals surface area contributed by atoms with E-state index in [1.165, 1.54) is 24.3 Å². The van der Waals surface area contributed by atoms with Crippen molar-refractivity contribution >= 4 is 56.9 Å². The van der Waals surface area contributed by atoms with E-state index in [9.17, 15) is 34.6 Å². The number of hydrogen-bond acceptors (Lipinski definition) is 8. The molecule has 12 nitrogen and oxygen atoms in total. The molecular weight excluding hydrogens is 564 g/mol. The van der Waals surface area contributed by atoms with Crippen LogP contribution in [0, 0.1) is 34.1 Å². The largest absolute Gasteiger partial charge is 0.449 e. The number of halogens is 1. The summed E-state index contributed by atoms with van der Waals surface area (Å²) in [6.45, 7) is 3.72. The summed E-state index contributed by atoms with van der Waals surface area (Å²) in [5.74, 6) is -1.76. The number of anilines is 1. The lowest BCUT2D eigenvalue weighted by Gasteiger charge is -2.26. The predicted octanol–water partition coefficient (Wildman–Crippen LogP) is 5.34. The van der Waals surface area contributed by atoms with Crippen LogP contribution in [0.2, 0.25) is 0 Å². The first kappa shape index (κ1) is 26.2. The van der Waals surface area contributed by atoms with E-state index in [-0.39, 0.29) is 17.1 Å². The van der Waals surface area contributed by atoms with Crippen LogP contribution in [-0.4, -0.2) is 27.7 Å². The highest BCUT2D eigenvalue weighted by molar-refractivity contribution is 9.10. The molecule has 0 spiro atoms. The molecule has 0 aromatic heterocycles. The van der Waals surface area contributed by atoms with Crippen LogP contribution >= 0.6 is 15.9 Å². The lowest BCUT2D eigenvalue weighted by atomic mass is 10.1. The lowest BCUT2D eigenvalue weighted by Crippen LogP contribution is -2.54. The average Bonchev–Trinajstić information content (AvgIpc) is 2.85. The third-order valence-corrected chi connectivity index (χ3v) is 6.31. The molecule has 0 saturated carbocycles. The molecule has 0 aliphatic carbocycles. The predicted molar refractivity (Wildman–Crippen MR) is 139 cm³/mol. The van der Waals surface area contributed by atoms with Crippen LogP contribution in [0.1, 0.15) is 16.7 Å². The molecular formula is C25H17BrN4O8. The molecule has 192 valence electrons. The van der Waals surface area contributed by atoms with Crippen molar-refractivity contribution in [3.63, 3.8) is 0 Å². The Hall–Kier alpha value is -4.91. The number of nitro benzene ring substituents is 2. The van der Waals surface area contributed by atoms with Crippen LogP contribution < -0.4 is 15.0 Å². The smallest absolute Gasteiger partial charge is 0.335 e. The fourth-order valence-corrected chi connectivity index (χ4v) is 4.06. The van der Waals surface area contributed by atoms with Crippen molar-refractivity contribution in [2.75, 3.05) is 4.90 Å². The second-order valence-electron chi connectivity index (χ2n) is 8.18. The Labute approximate surface area is 222 Å². The second-order valence-corrected chi connectivity index (χ2v) is 9.04. The van der Waals surface area contributed by atoms with E-state index in [2.05, 4.69) is 21.2 Å². The summed E-state index contributed by atoms with van der Waals surface area (Å²) in [5.41, 5.74) is 1.18. The molecule has 13 heteroatoms. The van der Waals surface area contributed by atoms with Gasteiger partial charge < -0.3 is 4.74 Å². The maximum atomic E-state index is 13.1. The van der Waals surface area contributed by atoms with Crippen LogP contribution in [0.4, 0.5) is 21.9 Å². The number of ether oxygens (including phenoxy) is 1.